The zero-order valence-electron chi connectivity index (χ0n) is 9.56. The molecule has 1 fully saturated rings. The molecule has 88 valence electrons. The molecular weight excluding hydrogens is 204 g/mol. The fraction of sp³-hybridized carbons (Fsp3) is 0.583. The molecule has 0 amide bonds. The van der Waals surface area contributed by atoms with E-state index in [4.69, 9.17) is 15.2 Å². The highest BCUT2D eigenvalue weighted by atomic mass is 16.5. The summed E-state index contributed by atoms with van der Waals surface area (Å²) in [5.41, 5.74) is 6.81. The summed E-state index contributed by atoms with van der Waals surface area (Å²) in [5.74, 6) is 1.15. The maximum absolute atomic E-state index is 5.85. The fourth-order valence-corrected chi connectivity index (χ4v) is 1.78. The zero-order chi connectivity index (χ0) is 11.4. The second-order valence-electron chi connectivity index (χ2n) is 4.23. The molecule has 1 unspecified atom stereocenters. The Morgan fingerprint density at radius 3 is 3.25 bits per heavy atom. The van der Waals surface area contributed by atoms with Crippen molar-refractivity contribution in [2.24, 2.45) is 11.7 Å². The topological polar surface area (TPSA) is 57.4 Å². The molecule has 2 atom stereocenters. The summed E-state index contributed by atoms with van der Waals surface area (Å²) in [7, 11) is 0. The first-order chi connectivity index (χ1) is 7.77. The number of pyridine rings is 1. The lowest BCUT2D eigenvalue weighted by Crippen LogP contribution is -2.15. The first-order valence-corrected chi connectivity index (χ1v) is 5.68. The Hall–Kier alpha value is -1.13. The SMILES string of the molecule is C[C@@H](N)c1cccnc1OCC1CCOC1. The van der Waals surface area contributed by atoms with Gasteiger partial charge in [0.25, 0.3) is 0 Å². The van der Waals surface area contributed by atoms with Crippen molar-refractivity contribution in [1.82, 2.24) is 4.98 Å². The average Bonchev–Trinajstić information content (AvgIpc) is 2.79. The molecule has 1 saturated heterocycles. The van der Waals surface area contributed by atoms with Gasteiger partial charge in [0, 0.05) is 30.3 Å². The van der Waals surface area contributed by atoms with E-state index in [0.717, 1.165) is 25.2 Å². The molecule has 0 radical (unpaired) electrons. The van der Waals surface area contributed by atoms with E-state index < -0.39 is 0 Å². The van der Waals surface area contributed by atoms with Crippen molar-refractivity contribution in [3.05, 3.63) is 23.9 Å². The molecule has 2 rings (SSSR count). The van der Waals surface area contributed by atoms with Crippen LogP contribution in [0, 0.1) is 5.92 Å². The van der Waals surface area contributed by atoms with Crippen LogP contribution in [0.1, 0.15) is 24.9 Å². The summed E-state index contributed by atoms with van der Waals surface area (Å²) < 4.78 is 11.0. The molecule has 0 bridgehead atoms. The van der Waals surface area contributed by atoms with Crippen molar-refractivity contribution < 1.29 is 9.47 Å². The summed E-state index contributed by atoms with van der Waals surface area (Å²) in [6.45, 7) is 4.23. The largest absolute Gasteiger partial charge is 0.477 e. The predicted molar refractivity (Wildman–Crippen MR) is 61.3 cm³/mol. The van der Waals surface area contributed by atoms with Crippen molar-refractivity contribution in [2.75, 3.05) is 19.8 Å². The van der Waals surface area contributed by atoms with Crippen LogP contribution < -0.4 is 10.5 Å². The number of rotatable bonds is 4. The van der Waals surface area contributed by atoms with Crippen LogP contribution in [-0.4, -0.2) is 24.8 Å². The molecule has 0 aliphatic carbocycles. The second-order valence-corrected chi connectivity index (χ2v) is 4.23. The minimum absolute atomic E-state index is 0.0523. The third-order valence-corrected chi connectivity index (χ3v) is 2.77. The van der Waals surface area contributed by atoms with Crippen molar-refractivity contribution in [2.45, 2.75) is 19.4 Å². The number of nitrogens with zero attached hydrogens (tertiary/aromatic N) is 1. The second kappa shape index (κ2) is 5.27. The number of hydrogen-bond donors (Lipinski definition) is 1. The van der Waals surface area contributed by atoms with E-state index in [9.17, 15) is 0 Å². The Balaban J connectivity index is 1.97. The van der Waals surface area contributed by atoms with Crippen molar-refractivity contribution in [3.8, 4) is 5.88 Å². The van der Waals surface area contributed by atoms with Gasteiger partial charge >= 0.3 is 0 Å². The summed E-state index contributed by atoms with van der Waals surface area (Å²) in [6.07, 6.45) is 2.80. The number of hydrogen-bond acceptors (Lipinski definition) is 4. The van der Waals surface area contributed by atoms with Gasteiger partial charge in [-0.05, 0) is 19.4 Å². The first kappa shape index (κ1) is 11.4. The van der Waals surface area contributed by atoms with Crippen LogP contribution in [0.5, 0.6) is 5.88 Å². The molecule has 1 aromatic heterocycles. The van der Waals surface area contributed by atoms with Crippen LogP contribution in [0.3, 0.4) is 0 Å². The van der Waals surface area contributed by atoms with Gasteiger partial charge < -0.3 is 15.2 Å². The Bertz CT molecular complexity index is 336. The monoisotopic (exact) mass is 222 g/mol. The Morgan fingerprint density at radius 1 is 1.69 bits per heavy atom. The highest BCUT2D eigenvalue weighted by Crippen LogP contribution is 2.22. The van der Waals surface area contributed by atoms with Crippen LogP contribution in [0.25, 0.3) is 0 Å². The highest BCUT2D eigenvalue weighted by molar-refractivity contribution is 5.28. The van der Waals surface area contributed by atoms with Gasteiger partial charge in [0.1, 0.15) is 0 Å². The molecule has 0 saturated carbocycles. The predicted octanol–water partition coefficient (Wildman–Crippen LogP) is 1.52. The summed E-state index contributed by atoms with van der Waals surface area (Å²) in [5, 5.41) is 0. The minimum atomic E-state index is -0.0523. The quantitative estimate of drug-likeness (QED) is 0.839. The van der Waals surface area contributed by atoms with Gasteiger partial charge in [0.2, 0.25) is 5.88 Å². The minimum Gasteiger partial charge on any atom is -0.477 e. The van der Waals surface area contributed by atoms with E-state index in [2.05, 4.69) is 4.98 Å². The lowest BCUT2D eigenvalue weighted by atomic mass is 10.1. The third kappa shape index (κ3) is 2.71. The zero-order valence-corrected chi connectivity index (χ0v) is 9.56. The standard InChI is InChI=1S/C12H18N2O2/c1-9(13)11-3-2-5-14-12(11)16-8-10-4-6-15-7-10/h2-3,5,9-10H,4,6-8,13H2,1H3/t9-,10?/m1/s1. The molecule has 2 heterocycles. The Labute approximate surface area is 95.8 Å². The van der Waals surface area contributed by atoms with Gasteiger partial charge in [-0.2, -0.15) is 0 Å². The summed E-state index contributed by atoms with van der Waals surface area (Å²) in [6, 6.07) is 3.78. The normalized spacial score (nSPS) is 22.0. The van der Waals surface area contributed by atoms with E-state index in [1.165, 1.54) is 0 Å². The highest BCUT2D eigenvalue weighted by Gasteiger charge is 2.17. The van der Waals surface area contributed by atoms with Gasteiger partial charge in [0.05, 0.1) is 13.2 Å². The van der Waals surface area contributed by atoms with E-state index in [1.54, 1.807) is 6.20 Å². The molecule has 0 aromatic carbocycles. The van der Waals surface area contributed by atoms with E-state index in [0.29, 0.717) is 18.4 Å². The van der Waals surface area contributed by atoms with Gasteiger partial charge in [-0.1, -0.05) is 6.07 Å². The molecule has 1 aliphatic heterocycles. The average molecular weight is 222 g/mol. The van der Waals surface area contributed by atoms with Crippen LogP contribution >= 0.6 is 0 Å². The number of ether oxygens (including phenoxy) is 2. The summed E-state index contributed by atoms with van der Waals surface area (Å²) >= 11 is 0. The third-order valence-electron chi connectivity index (χ3n) is 2.77. The molecule has 4 nitrogen and oxygen atoms in total. The first-order valence-electron chi connectivity index (χ1n) is 5.68. The lowest BCUT2D eigenvalue weighted by Gasteiger charge is -2.14. The van der Waals surface area contributed by atoms with Crippen molar-refractivity contribution >= 4 is 0 Å². The smallest absolute Gasteiger partial charge is 0.218 e. The van der Waals surface area contributed by atoms with Crippen molar-refractivity contribution in [3.63, 3.8) is 0 Å². The Morgan fingerprint density at radius 2 is 2.56 bits per heavy atom. The van der Waals surface area contributed by atoms with Crippen LogP contribution in [0.4, 0.5) is 0 Å². The molecule has 2 N–H and O–H groups in total. The van der Waals surface area contributed by atoms with Crippen LogP contribution in [0.15, 0.2) is 18.3 Å². The Kier molecular flexibility index (Phi) is 3.74. The molecular formula is C12H18N2O2. The van der Waals surface area contributed by atoms with Gasteiger partial charge in [-0.3, -0.25) is 0 Å². The maximum atomic E-state index is 5.85. The van der Waals surface area contributed by atoms with E-state index in [-0.39, 0.29) is 6.04 Å². The van der Waals surface area contributed by atoms with Gasteiger partial charge in [-0.25, -0.2) is 4.98 Å². The molecule has 1 aliphatic rings. The number of nitrogens with two attached hydrogens (primary N) is 1. The van der Waals surface area contributed by atoms with Gasteiger partial charge in [-0.15, -0.1) is 0 Å². The van der Waals surface area contributed by atoms with E-state index in [1.807, 2.05) is 19.1 Å². The number of aromatic nitrogens is 1. The van der Waals surface area contributed by atoms with Gasteiger partial charge in [0.15, 0.2) is 0 Å². The molecule has 1 aromatic rings. The molecule has 4 heteroatoms. The lowest BCUT2D eigenvalue weighted by molar-refractivity contribution is 0.165. The maximum Gasteiger partial charge on any atom is 0.218 e. The van der Waals surface area contributed by atoms with Crippen LogP contribution in [-0.2, 0) is 4.74 Å². The van der Waals surface area contributed by atoms with E-state index >= 15 is 0 Å². The summed E-state index contributed by atoms with van der Waals surface area (Å²) in [4.78, 5) is 4.22. The van der Waals surface area contributed by atoms with Crippen molar-refractivity contribution in [1.29, 1.82) is 0 Å². The van der Waals surface area contributed by atoms with Crippen LogP contribution in [0.2, 0.25) is 0 Å². The molecule has 16 heavy (non-hydrogen) atoms. The fourth-order valence-electron chi connectivity index (χ4n) is 1.78. The molecule has 0 spiro atoms.